The lowest BCUT2D eigenvalue weighted by atomic mass is 9.89. The van der Waals surface area contributed by atoms with Crippen LogP contribution in [0.2, 0.25) is 0 Å². The molecule has 4 nitrogen and oxygen atoms in total. The number of ether oxygens (including phenoxy) is 3. The van der Waals surface area contributed by atoms with Crippen molar-refractivity contribution in [3.63, 3.8) is 0 Å². The summed E-state index contributed by atoms with van der Waals surface area (Å²) in [7, 11) is 5.12. The van der Waals surface area contributed by atoms with Gasteiger partial charge in [0.25, 0.3) is 0 Å². The van der Waals surface area contributed by atoms with Crippen LogP contribution in [0.4, 0.5) is 0 Å². The first-order chi connectivity index (χ1) is 9.30. The summed E-state index contributed by atoms with van der Waals surface area (Å²) in [5.41, 5.74) is 2.25. The second-order valence-electron chi connectivity index (χ2n) is 4.89. The van der Waals surface area contributed by atoms with E-state index in [2.05, 4.69) is 17.4 Å². The molecule has 4 heteroatoms. The molecular formula is C15H23NO3. The van der Waals surface area contributed by atoms with Crippen LogP contribution in [0, 0.1) is 0 Å². The molecule has 0 spiro atoms. The first-order valence-electron chi connectivity index (χ1n) is 6.74. The van der Waals surface area contributed by atoms with E-state index in [1.807, 2.05) is 0 Å². The minimum atomic E-state index is 0.454. The lowest BCUT2D eigenvalue weighted by molar-refractivity contribution is 0.184. The Bertz CT molecular complexity index is 389. The van der Waals surface area contributed by atoms with Gasteiger partial charge >= 0.3 is 0 Å². The zero-order chi connectivity index (χ0) is 13.7. The van der Waals surface area contributed by atoms with Gasteiger partial charge in [0.1, 0.15) is 11.5 Å². The summed E-state index contributed by atoms with van der Waals surface area (Å²) in [6.07, 6.45) is 2.36. The molecule has 2 rings (SSSR count). The maximum Gasteiger partial charge on any atom is 0.126 e. The number of rotatable bonds is 5. The Hall–Kier alpha value is -1.26. The molecule has 1 fully saturated rings. The average Bonchev–Trinajstić information content (AvgIpc) is 2.47. The molecule has 0 aromatic heterocycles. The SMILES string of the molecule is COCc1cc(OC)c(C2CCCNC2)c(OC)c1. The van der Waals surface area contributed by atoms with Gasteiger partial charge in [-0.15, -0.1) is 0 Å². The summed E-state index contributed by atoms with van der Waals surface area (Å²) in [4.78, 5) is 0. The number of hydrogen-bond acceptors (Lipinski definition) is 4. The van der Waals surface area contributed by atoms with Gasteiger partial charge in [-0.1, -0.05) is 0 Å². The van der Waals surface area contributed by atoms with Crippen molar-refractivity contribution in [3.05, 3.63) is 23.3 Å². The van der Waals surface area contributed by atoms with Gasteiger partial charge in [-0.25, -0.2) is 0 Å². The van der Waals surface area contributed by atoms with Crippen LogP contribution in [-0.4, -0.2) is 34.4 Å². The van der Waals surface area contributed by atoms with E-state index in [1.165, 1.54) is 18.4 Å². The molecule has 1 aromatic carbocycles. The second kappa shape index (κ2) is 6.78. The molecule has 0 bridgehead atoms. The van der Waals surface area contributed by atoms with E-state index >= 15 is 0 Å². The van der Waals surface area contributed by atoms with Crippen LogP contribution in [0.3, 0.4) is 0 Å². The van der Waals surface area contributed by atoms with Crippen molar-refractivity contribution in [2.24, 2.45) is 0 Å². The highest BCUT2D eigenvalue weighted by atomic mass is 16.5. The van der Waals surface area contributed by atoms with E-state index in [0.717, 1.165) is 30.2 Å². The average molecular weight is 265 g/mol. The van der Waals surface area contributed by atoms with Crippen LogP contribution >= 0.6 is 0 Å². The molecule has 106 valence electrons. The predicted molar refractivity (Wildman–Crippen MR) is 75.1 cm³/mol. The molecule has 0 amide bonds. The molecule has 1 saturated heterocycles. The molecule has 1 heterocycles. The summed E-state index contributed by atoms with van der Waals surface area (Å²) in [5.74, 6) is 2.26. The Morgan fingerprint density at radius 1 is 1.16 bits per heavy atom. The van der Waals surface area contributed by atoms with E-state index in [1.54, 1.807) is 21.3 Å². The standard InChI is InChI=1S/C15H23NO3/c1-17-10-11-7-13(18-2)15(14(8-11)19-3)12-5-4-6-16-9-12/h7-8,12,16H,4-6,9-10H2,1-3H3. The van der Waals surface area contributed by atoms with Crippen molar-refractivity contribution < 1.29 is 14.2 Å². The van der Waals surface area contributed by atoms with Crippen molar-refractivity contribution in [2.45, 2.75) is 25.4 Å². The van der Waals surface area contributed by atoms with Gasteiger partial charge in [-0.2, -0.15) is 0 Å². The Labute approximate surface area is 115 Å². The molecule has 1 N–H and O–H groups in total. The molecule has 1 unspecified atom stereocenters. The Balaban J connectivity index is 2.38. The summed E-state index contributed by atoms with van der Waals surface area (Å²) in [5, 5.41) is 3.44. The zero-order valence-corrected chi connectivity index (χ0v) is 12.0. The molecule has 1 aliphatic rings. The lowest BCUT2D eigenvalue weighted by Gasteiger charge is -2.26. The van der Waals surface area contributed by atoms with Crippen LogP contribution in [0.15, 0.2) is 12.1 Å². The van der Waals surface area contributed by atoms with Crippen molar-refractivity contribution in [3.8, 4) is 11.5 Å². The van der Waals surface area contributed by atoms with Crippen molar-refractivity contribution in [1.82, 2.24) is 5.32 Å². The smallest absolute Gasteiger partial charge is 0.126 e. The highest BCUT2D eigenvalue weighted by molar-refractivity contribution is 5.50. The van der Waals surface area contributed by atoms with E-state index in [-0.39, 0.29) is 0 Å². The fourth-order valence-electron chi connectivity index (χ4n) is 2.74. The maximum atomic E-state index is 5.56. The number of hydrogen-bond donors (Lipinski definition) is 1. The van der Waals surface area contributed by atoms with Crippen molar-refractivity contribution >= 4 is 0 Å². The van der Waals surface area contributed by atoms with Gasteiger partial charge in [-0.3, -0.25) is 0 Å². The van der Waals surface area contributed by atoms with E-state index in [9.17, 15) is 0 Å². The topological polar surface area (TPSA) is 39.7 Å². The first-order valence-corrected chi connectivity index (χ1v) is 6.74. The van der Waals surface area contributed by atoms with Crippen molar-refractivity contribution in [1.29, 1.82) is 0 Å². The minimum Gasteiger partial charge on any atom is -0.496 e. The highest BCUT2D eigenvalue weighted by Gasteiger charge is 2.23. The summed E-state index contributed by atoms with van der Waals surface area (Å²) < 4.78 is 16.3. The minimum absolute atomic E-state index is 0.454. The quantitative estimate of drug-likeness (QED) is 0.887. The van der Waals surface area contributed by atoms with E-state index in [4.69, 9.17) is 14.2 Å². The van der Waals surface area contributed by atoms with Gasteiger partial charge in [0.05, 0.1) is 20.8 Å². The fourth-order valence-corrected chi connectivity index (χ4v) is 2.74. The Morgan fingerprint density at radius 3 is 2.32 bits per heavy atom. The van der Waals surface area contributed by atoms with Crippen LogP contribution in [0.5, 0.6) is 11.5 Å². The summed E-state index contributed by atoms with van der Waals surface area (Å²) >= 11 is 0. The summed E-state index contributed by atoms with van der Waals surface area (Å²) in [6, 6.07) is 4.10. The van der Waals surface area contributed by atoms with Crippen molar-refractivity contribution in [2.75, 3.05) is 34.4 Å². The van der Waals surface area contributed by atoms with Crippen LogP contribution in [-0.2, 0) is 11.3 Å². The predicted octanol–water partition coefficient (Wildman–Crippen LogP) is 2.32. The van der Waals surface area contributed by atoms with Crippen LogP contribution in [0.1, 0.15) is 29.9 Å². The lowest BCUT2D eigenvalue weighted by Crippen LogP contribution is -2.28. The first kappa shape index (κ1) is 14.2. The largest absolute Gasteiger partial charge is 0.496 e. The molecule has 1 aromatic rings. The highest BCUT2D eigenvalue weighted by Crippen LogP contribution is 2.39. The third-order valence-corrected chi connectivity index (χ3v) is 3.62. The molecule has 0 saturated carbocycles. The zero-order valence-electron chi connectivity index (χ0n) is 12.0. The third-order valence-electron chi connectivity index (χ3n) is 3.62. The molecule has 1 aliphatic heterocycles. The number of methoxy groups -OCH3 is 3. The van der Waals surface area contributed by atoms with Gasteiger partial charge in [0.2, 0.25) is 0 Å². The van der Waals surface area contributed by atoms with Gasteiger partial charge in [0.15, 0.2) is 0 Å². The molecule has 0 aliphatic carbocycles. The van der Waals surface area contributed by atoms with Gasteiger partial charge in [0, 0.05) is 25.1 Å². The number of nitrogens with one attached hydrogen (secondary N) is 1. The number of piperidine rings is 1. The maximum absolute atomic E-state index is 5.56. The summed E-state index contributed by atoms with van der Waals surface area (Å²) in [6.45, 7) is 2.65. The second-order valence-corrected chi connectivity index (χ2v) is 4.89. The van der Waals surface area contributed by atoms with Crippen LogP contribution in [0.25, 0.3) is 0 Å². The molecular weight excluding hydrogens is 242 g/mol. The molecule has 0 radical (unpaired) electrons. The van der Waals surface area contributed by atoms with Crippen LogP contribution < -0.4 is 14.8 Å². The fraction of sp³-hybridized carbons (Fsp3) is 0.600. The van der Waals surface area contributed by atoms with Gasteiger partial charge in [-0.05, 0) is 37.1 Å². The monoisotopic (exact) mass is 265 g/mol. The third kappa shape index (κ3) is 3.19. The van der Waals surface area contributed by atoms with E-state index in [0.29, 0.717) is 12.5 Å². The van der Waals surface area contributed by atoms with Gasteiger partial charge < -0.3 is 19.5 Å². The number of benzene rings is 1. The Kier molecular flexibility index (Phi) is 5.05. The molecule has 19 heavy (non-hydrogen) atoms. The normalized spacial score (nSPS) is 19.2. The molecule has 1 atom stereocenters. The van der Waals surface area contributed by atoms with E-state index < -0.39 is 0 Å². The Morgan fingerprint density at radius 2 is 1.84 bits per heavy atom.